The maximum Gasteiger partial charge on any atom is 0.341 e. The molecule has 1 unspecified atom stereocenters. The molecule has 1 heterocycles. The van der Waals surface area contributed by atoms with Crippen LogP contribution in [0.25, 0.3) is 0 Å². The summed E-state index contributed by atoms with van der Waals surface area (Å²) in [4.78, 5) is 28.0. The number of hydrogen-bond acceptors (Lipinski definition) is 5. The van der Waals surface area contributed by atoms with Crippen LogP contribution in [0.3, 0.4) is 0 Å². The molecule has 1 amide bonds. The predicted molar refractivity (Wildman–Crippen MR) is 98.6 cm³/mol. The molecule has 0 bridgehead atoms. The lowest BCUT2D eigenvalue weighted by Crippen LogP contribution is -2.43. The molecule has 0 saturated carbocycles. The number of ether oxygens (including phenoxy) is 1. The first kappa shape index (κ1) is 19.7. The van der Waals surface area contributed by atoms with Crippen LogP contribution in [0.1, 0.15) is 34.4 Å². The van der Waals surface area contributed by atoms with Gasteiger partial charge in [0.15, 0.2) is 0 Å². The molecule has 0 spiro atoms. The van der Waals surface area contributed by atoms with Gasteiger partial charge in [0.1, 0.15) is 17.1 Å². The van der Waals surface area contributed by atoms with E-state index in [1.165, 1.54) is 7.11 Å². The summed E-state index contributed by atoms with van der Waals surface area (Å²) in [6.07, 6.45) is 0. The minimum atomic E-state index is -0.424. The quantitative estimate of drug-likeness (QED) is 0.712. The van der Waals surface area contributed by atoms with Crippen molar-refractivity contribution in [2.45, 2.75) is 33.0 Å². The molecule has 0 aliphatic heterocycles. The molecule has 26 heavy (non-hydrogen) atoms. The average Bonchev–Trinajstić information content (AvgIpc) is 3.00. The highest BCUT2D eigenvalue weighted by Gasteiger charge is 2.24. The summed E-state index contributed by atoms with van der Waals surface area (Å²) < 4.78 is 10.4. The molecular weight excluding hydrogens is 332 g/mol. The highest BCUT2D eigenvalue weighted by Crippen LogP contribution is 2.18. The van der Waals surface area contributed by atoms with E-state index in [9.17, 15) is 9.59 Å². The average molecular weight is 358 g/mol. The van der Waals surface area contributed by atoms with E-state index in [0.717, 1.165) is 5.56 Å². The third kappa shape index (κ3) is 4.73. The topological polar surface area (TPSA) is 63.0 Å². The van der Waals surface area contributed by atoms with E-state index in [2.05, 4.69) is 0 Å². The summed E-state index contributed by atoms with van der Waals surface area (Å²) in [6, 6.07) is 11.2. The summed E-state index contributed by atoms with van der Waals surface area (Å²) in [6.45, 7) is 4.56. The normalized spacial score (nSPS) is 12.1. The molecule has 1 aromatic heterocycles. The number of nitrogens with zero attached hydrogens (tertiary/aromatic N) is 2. The van der Waals surface area contributed by atoms with Gasteiger partial charge in [-0.1, -0.05) is 30.3 Å². The number of benzene rings is 1. The summed E-state index contributed by atoms with van der Waals surface area (Å²) in [5.74, 6) is 0.732. The van der Waals surface area contributed by atoms with E-state index in [1.807, 2.05) is 49.2 Å². The molecule has 0 aliphatic rings. The third-order valence-electron chi connectivity index (χ3n) is 4.44. The number of esters is 1. The zero-order valence-corrected chi connectivity index (χ0v) is 16.0. The zero-order valence-electron chi connectivity index (χ0n) is 16.0. The minimum absolute atomic E-state index is 0.0211. The molecule has 0 aliphatic carbocycles. The summed E-state index contributed by atoms with van der Waals surface area (Å²) in [7, 11) is 4.99. The first-order chi connectivity index (χ1) is 12.3. The molecule has 0 N–H and O–H groups in total. The van der Waals surface area contributed by atoms with Gasteiger partial charge in [0.05, 0.1) is 19.7 Å². The number of carbonyl (C=O) groups excluding carboxylic acids is 2. The Morgan fingerprint density at radius 3 is 2.42 bits per heavy atom. The first-order valence-corrected chi connectivity index (χ1v) is 8.50. The van der Waals surface area contributed by atoms with Gasteiger partial charge in [-0.2, -0.15) is 0 Å². The molecule has 2 rings (SSSR count). The third-order valence-corrected chi connectivity index (χ3v) is 4.44. The van der Waals surface area contributed by atoms with Crippen LogP contribution >= 0.6 is 0 Å². The van der Waals surface area contributed by atoms with Crippen molar-refractivity contribution < 1.29 is 18.7 Å². The minimum Gasteiger partial charge on any atom is -0.465 e. The van der Waals surface area contributed by atoms with Gasteiger partial charge in [0.25, 0.3) is 0 Å². The van der Waals surface area contributed by atoms with Crippen molar-refractivity contribution in [2.75, 3.05) is 21.2 Å². The number of amides is 1. The number of hydrogen-bond donors (Lipinski definition) is 0. The van der Waals surface area contributed by atoms with Crippen LogP contribution in [0.4, 0.5) is 0 Å². The largest absolute Gasteiger partial charge is 0.465 e. The van der Waals surface area contributed by atoms with E-state index in [1.54, 1.807) is 24.9 Å². The number of furan rings is 1. The zero-order chi connectivity index (χ0) is 19.3. The molecule has 0 saturated heterocycles. The van der Waals surface area contributed by atoms with Crippen LogP contribution in [0, 0.1) is 6.92 Å². The lowest BCUT2D eigenvalue weighted by Gasteiger charge is -2.27. The second kappa shape index (κ2) is 8.67. The van der Waals surface area contributed by atoms with Crippen LogP contribution < -0.4 is 0 Å². The van der Waals surface area contributed by atoms with Crippen LogP contribution in [0.15, 0.2) is 40.8 Å². The van der Waals surface area contributed by atoms with Crippen molar-refractivity contribution in [3.05, 3.63) is 59.0 Å². The maximum atomic E-state index is 12.7. The molecule has 2 aromatic rings. The molecule has 140 valence electrons. The Balaban J connectivity index is 1.99. The lowest BCUT2D eigenvalue weighted by molar-refractivity contribution is -0.135. The van der Waals surface area contributed by atoms with E-state index >= 15 is 0 Å². The van der Waals surface area contributed by atoms with Crippen LogP contribution in [-0.2, 0) is 22.6 Å². The summed E-state index contributed by atoms with van der Waals surface area (Å²) in [5, 5.41) is 0. The van der Waals surface area contributed by atoms with Crippen molar-refractivity contribution in [3.63, 3.8) is 0 Å². The van der Waals surface area contributed by atoms with Gasteiger partial charge in [-0.05, 0) is 32.5 Å². The SMILES string of the molecule is COC(=O)c1cc(CN(C)C(C)C(=O)N(C)Cc2ccccc2)oc1C. The standard InChI is InChI=1S/C20H26N2O4/c1-14(19(23)22(4)12-16-9-7-6-8-10-16)21(3)13-17-11-18(15(2)26-17)20(24)25-5/h6-11,14H,12-13H2,1-5H3. The number of carbonyl (C=O) groups is 2. The lowest BCUT2D eigenvalue weighted by atomic mass is 10.2. The van der Waals surface area contributed by atoms with E-state index in [0.29, 0.717) is 30.2 Å². The Kier molecular flexibility index (Phi) is 6.58. The molecule has 6 heteroatoms. The van der Waals surface area contributed by atoms with E-state index in [4.69, 9.17) is 9.15 Å². The van der Waals surface area contributed by atoms with Crippen molar-refractivity contribution >= 4 is 11.9 Å². The summed E-state index contributed by atoms with van der Waals surface area (Å²) >= 11 is 0. The maximum absolute atomic E-state index is 12.7. The van der Waals surface area contributed by atoms with Gasteiger partial charge in [-0.25, -0.2) is 4.79 Å². The van der Waals surface area contributed by atoms with Gasteiger partial charge in [0, 0.05) is 13.6 Å². The van der Waals surface area contributed by atoms with Crippen LogP contribution in [0.2, 0.25) is 0 Å². The Morgan fingerprint density at radius 1 is 1.15 bits per heavy atom. The molecule has 6 nitrogen and oxygen atoms in total. The fraction of sp³-hybridized carbons (Fsp3) is 0.400. The second-order valence-corrected chi connectivity index (χ2v) is 6.45. The molecule has 0 radical (unpaired) electrons. The monoisotopic (exact) mass is 358 g/mol. The van der Waals surface area contributed by atoms with Crippen molar-refractivity contribution in [1.82, 2.24) is 9.80 Å². The first-order valence-electron chi connectivity index (χ1n) is 8.50. The molecule has 1 atom stereocenters. The molecule has 1 aromatic carbocycles. The van der Waals surface area contributed by atoms with Crippen molar-refractivity contribution in [2.24, 2.45) is 0 Å². The number of likely N-dealkylation sites (N-methyl/N-ethyl adjacent to an activating group) is 2. The van der Waals surface area contributed by atoms with Gasteiger partial charge in [-0.15, -0.1) is 0 Å². The van der Waals surface area contributed by atoms with E-state index < -0.39 is 5.97 Å². The Morgan fingerprint density at radius 2 is 1.81 bits per heavy atom. The Bertz CT molecular complexity index is 754. The number of rotatable bonds is 7. The number of methoxy groups -OCH3 is 1. The Hall–Kier alpha value is -2.60. The smallest absolute Gasteiger partial charge is 0.341 e. The molecule has 0 fully saturated rings. The van der Waals surface area contributed by atoms with Gasteiger partial charge < -0.3 is 14.1 Å². The van der Waals surface area contributed by atoms with Crippen LogP contribution in [0.5, 0.6) is 0 Å². The fourth-order valence-electron chi connectivity index (χ4n) is 2.76. The van der Waals surface area contributed by atoms with E-state index in [-0.39, 0.29) is 11.9 Å². The van der Waals surface area contributed by atoms with Gasteiger partial charge in [-0.3, -0.25) is 9.69 Å². The van der Waals surface area contributed by atoms with Gasteiger partial charge in [0.2, 0.25) is 5.91 Å². The summed E-state index contributed by atoms with van der Waals surface area (Å²) in [5.41, 5.74) is 1.50. The fourth-order valence-corrected chi connectivity index (χ4v) is 2.76. The highest BCUT2D eigenvalue weighted by atomic mass is 16.5. The van der Waals surface area contributed by atoms with Gasteiger partial charge >= 0.3 is 5.97 Å². The Labute approximate surface area is 154 Å². The van der Waals surface area contributed by atoms with Crippen LogP contribution in [-0.4, -0.2) is 48.9 Å². The van der Waals surface area contributed by atoms with Crippen molar-refractivity contribution in [3.8, 4) is 0 Å². The number of aryl methyl sites for hydroxylation is 1. The van der Waals surface area contributed by atoms with Crippen molar-refractivity contribution in [1.29, 1.82) is 0 Å². The highest BCUT2D eigenvalue weighted by molar-refractivity contribution is 5.90. The predicted octanol–water partition coefficient (Wildman–Crippen LogP) is 2.85. The second-order valence-electron chi connectivity index (χ2n) is 6.45. The molecular formula is C20H26N2O4.